The fourth-order valence-electron chi connectivity index (χ4n) is 2.70. The van der Waals surface area contributed by atoms with Crippen molar-refractivity contribution in [2.45, 2.75) is 45.4 Å². The van der Waals surface area contributed by atoms with E-state index in [-0.39, 0.29) is 0 Å². The van der Waals surface area contributed by atoms with Gasteiger partial charge in [-0.1, -0.05) is 75.4 Å². The molecule has 0 unspecified atom stereocenters. The smallest absolute Gasteiger partial charge is 0.127 e. The van der Waals surface area contributed by atoms with Gasteiger partial charge in [-0.25, -0.2) is 0 Å². The number of rotatable bonds is 9. The quantitative estimate of drug-likeness (QED) is 0.535. The Balaban J connectivity index is 1.97. The number of para-hydroxylation sites is 1. The summed E-state index contributed by atoms with van der Waals surface area (Å²) in [4.78, 5) is 0. The third kappa shape index (κ3) is 5.14. The van der Waals surface area contributed by atoms with Crippen molar-refractivity contribution in [1.29, 1.82) is 5.26 Å². The van der Waals surface area contributed by atoms with E-state index >= 15 is 0 Å². The Labute approximate surface area is 139 Å². The van der Waals surface area contributed by atoms with E-state index in [0.29, 0.717) is 5.56 Å². The molecule has 0 aromatic heterocycles. The largest absolute Gasteiger partial charge is 0.493 e. The SMILES string of the molecule is CCCCCCCCOc1ccccc1-c1ccccc1C#N. The van der Waals surface area contributed by atoms with E-state index in [0.717, 1.165) is 29.9 Å². The highest BCUT2D eigenvalue weighted by Gasteiger charge is 2.09. The molecule has 2 aromatic carbocycles. The average molecular weight is 307 g/mol. The summed E-state index contributed by atoms with van der Waals surface area (Å²) in [5.41, 5.74) is 2.62. The van der Waals surface area contributed by atoms with Crippen molar-refractivity contribution >= 4 is 0 Å². The van der Waals surface area contributed by atoms with Crippen LogP contribution in [0.25, 0.3) is 11.1 Å². The Morgan fingerprint density at radius 2 is 1.48 bits per heavy atom. The van der Waals surface area contributed by atoms with Crippen LogP contribution in [-0.4, -0.2) is 6.61 Å². The van der Waals surface area contributed by atoms with E-state index in [1.54, 1.807) is 0 Å². The fraction of sp³-hybridized carbons (Fsp3) is 0.381. The van der Waals surface area contributed by atoms with Gasteiger partial charge in [-0.05, 0) is 18.6 Å². The van der Waals surface area contributed by atoms with Crippen LogP contribution in [0.5, 0.6) is 5.75 Å². The van der Waals surface area contributed by atoms with Crippen LogP contribution in [0.4, 0.5) is 0 Å². The van der Waals surface area contributed by atoms with Crippen molar-refractivity contribution in [3.8, 4) is 22.9 Å². The molecule has 2 rings (SSSR count). The van der Waals surface area contributed by atoms with Gasteiger partial charge in [0, 0.05) is 11.1 Å². The van der Waals surface area contributed by atoms with Crippen molar-refractivity contribution in [3.05, 3.63) is 54.1 Å². The van der Waals surface area contributed by atoms with Gasteiger partial charge in [0.05, 0.1) is 18.2 Å². The van der Waals surface area contributed by atoms with E-state index in [1.807, 2.05) is 48.5 Å². The second-order valence-electron chi connectivity index (χ2n) is 5.77. The molecule has 2 nitrogen and oxygen atoms in total. The van der Waals surface area contributed by atoms with Crippen LogP contribution in [0.2, 0.25) is 0 Å². The zero-order valence-corrected chi connectivity index (χ0v) is 13.9. The van der Waals surface area contributed by atoms with Gasteiger partial charge in [-0.3, -0.25) is 0 Å². The lowest BCUT2D eigenvalue weighted by Crippen LogP contribution is -1.99. The Bertz CT molecular complexity index is 642. The number of nitriles is 1. The number of nitrogens with zero attached hydrogens (tertiary/aromatic N) is 1. The van der Waals surface area contributed by atoms with E-state index in [9.17, 15) is 5.26 Å². The van der Waals surface area contributed by atoms with Gasteiger partial charge in [0.2, 0.25) is 0 Å². The molecule has 0 fully saturated rings. The van der Waals surface area contributed by atoms with Crippen molar-refractivity contribution in [2.24, 2.45) is 0 Å². The van der Waals surface area contributed by atoms with Gasteiger partial charge >= 0.3 is 0 Å². The van der Waals surface area contributed by atoms with Crippen molar-refractivity contribution in [3.63, 3.8) is 0 Å². The van der Waals surface area contributed by atoms with E-state index in [2.05, 4.69) is 13.0 Å². The molecule has 23 heavy (non-hydrogen) atoms. The third-order valence-corrected chi connectivity index (χ3v) is 3.98. The van der Waals surface area contributed by atoms with Crippen molar-refractivity contribution in [1.82, 2.24) is 0 Å². The molecule has 0 spiro atoms. The molecule has 0 atom stereocenters. The van der Waals surface area contributed by atoms with E-state index in [4.69, 9.17) is 4.74 Å². The molecule has 0 aliphatic rings. The minimum atomic E-state index is 0.683. The zero-order chi connectivity index (χ0) is 16.3. The summed E-state index contributed by atoms with van der Waals surface area (Å²) in [7, 11) is 0. The second kappa shape index (κ2) is 9.69. The molecular weight excluding hydrogens is 282 g/mol. The van der Waals surface area contributed by atoms with Gasteiger partial charge < -0.3 is 4.74 Å². The number of hydrogen-bond donors (Lipinski definition) is 0. The number of benzene rings is 2. The molecule has 0 saturated heterocycles. The van der Waals surface area contributed by atoms with Crippen LogP contribution < -0.4 is 4.74 Å². The van der Waals surface area contributed by atoms with Crippen LogP contribution in [0, 0.1) is 11.3 Å². The lowest BCUT2D eigenvalue weighted by Gasteiger charge is -2.12. The summed E-state index contributed by atoms with van der Waals surface area (Å²) in [6, 6.07) is 17.9. The van der Waals surface area contributed by atoms with Gasteiger partial charge in [0.25, 0.3) is 0 Å². The Hall–Kier alpha value is -2.27. The third-order valence-electron chi connectivity index (χ3n) is 3.98. The normalized spacial score (nSPS) is 10.3. The first-order valence-corrected chi connectivity index (χ1v) is 8.58. The number of hydrogen-bond acceptors (Lipinski definition) is 2. The van der Waals surface area contributed by atoms with Gasteiger partial charge in [-0.2, -0.15) is 5.26 Å². The molecule has 0 N–H and O–H groups in total. The summed E-state index contributed by atoms with van der Waals surface area (Å²) in [6.45, 7) is 2.97. The lowest BCUT2D eigenvalue weighted by molar-refractivity contribution is 0.305. The first-order valence-electron chi connectivity index (χ1n) is 8.58. The van der Waals surface area contributed by atoms with Crippen LogP contribution in [0.15, 0.2) is 48.5 Å². The van der Waals surface area contributed by atoms with Crippen LogP contribution in [-0.2, 0) is 0 Å². The van der Waals surface area contributed by atoms with Crippen molar-refractivity contribution in [2.75, 3.05) is 6.61 Å². The Morgan fingerprint density at radius 3 is 2.26 bits per heavy atom. The highest BCUT2D eigenvalue weighted by molar-refractivity contribution is 5.75. The van der Waals surface area contributed by atoms with Gasteiger partial charge in [0.1, 0.15) is 5.75 Å². The molecule has 0 saturated carbocycles. The first kappa shape index (κ1) is 17.1. The minimum absolute atomic E-state index is 0.683. The lowest BCUT2D eigenvalue weighted by atomic mass is 9.99. The van der Waals surface area contributed by atoms with E-state index < -0.39 is 0 Å². The Morgan fingerprint density at radius 1 is 0.826 bits per heavy atom. The predicted octanol–water partition coefficient (Wildman–Crippen LogP) is 5.96. The summed E-state index contributed by atoms with van der Waals surface area (Å²) in [5, 5.41) is 9.30. The van der Waals surface area contributed by atoms with Crippen molar-refractivity contribution < 1.29 is 4.74 Å². The second-order valence-corrected chi connectivity index (χ2v) is 5.77. The first-order chi connectivity index (χ1) is 11.4. The molecule has 0 aliphatic heterocycles. The van der Waals surface area contributed by atoms with Crippen LogP contribution >= 0.6 is 0 Å². The highest BCUT2D eigenvalue weighted by Crippen LogP contribution is 2.32. The molecule has 0 radical (unpaired) electrons. The van der Waals surface area contributed by atoms with Crippen LogP contribution in [0.3, 0.4) is 0 Å². The highest BCUT2D eigenvalue weighted by atomic mass is 16.5. The van der Waals surface area contributed by atoms with Gasteiger partial charge in [0.15, 0.2) is 0 Å². The molecule has 120 valence electrons. The maximum absolute atomic E-state index is 9.30. The molecule has 2 aromatic rings. The molecule has 0 heterocycles. The standard InChI is InChI=1S/C21H25NO/c1-2-3-4-5-6-11-16-23-21-15-10-9-14-20(21)19-13-8-7-12-18(19)17-22/h7-10,12-15H,2-6,11,16H2,1H3. The van der Waals surface area contributed by atoms with Gasteiger partial charge in [-0.15, -0.1) is 0 Å². The molecular formula is C21H25NO. The molecule has 2 heteroatoms. The maximum atomic E-state index is 9.30. The predicted molar refractivity (Wildman–Crippen MR) is 95.5 cm³/mol. The molecule has 0 bridgehead atoms. The topological polar surface area (TPSA) is 33.0 Å². The summed E-state index contributed by atoms with van der Waals surface area (Å²) >= 11 is 0. The molecule has 0 amide bonds. The average Bonchev–Trinajstić information content (AvgIpc) is 2.61. The summed E-state index contributed by atoms with van der Waals surface area (Å²) in [6.07, 6.45) is 7.52. The minimum Gasteiger partial charge on any atom is -0.493 e. The van der Waals surface area contributed by atoms with Crippen LogP contribution in [0.1, 0.15) is 51.0 Å². The van der Waals surface area contributed by atoms with E-state index in [1.165, 1.54) is 32.1 Å². The Kier molecular flexibility index (Phi) is 7.20. The molecule has 0 aliphatic carbocycles. The number of ether oxygens (including phenoxy) is 1. The zero-order valence-electron chi connectivity index (χ0n) is 13.9. The summed E-state index contributed by atoms with van der Waals surface area (Å²) in [5.74, 6) is 0.865. The number of unbranched alkanes of at least 4 members (excludes halogenated alkanes) is 5. The monoisotopic (exact) mass is 307 g/mol. The fourth-order valence-corrected chi connectivity index (χ4v) is 2.70. The summed E-state index contributed by atoms with van der Waals surface area (Å²) < 4.78 is 5.99. The maximum Gasteiger partial charge on any atom is 0.127 e.